The Bertz CT molecular complexity index is 1110. The van der Waals surface area contributed by atoms with Gasteiger partial charge in [0.25, 0.3) is 11.6 Å². The molecule has 1 aliphatic carbocycles. The topological polar surface area (TPSA) is 129 Å². The number of aromatic nitrogens is 3. The van der Waals surface area contributed by atoms with Crippen molar-refractivity contribution < 1.29 is 9.72 Å². The van der Waals surface area contributed by atoms with Crippen LogP contribution in [0.15, 0.2) is 42.5 Å². The number of carbonyl (C=O) groups excluding carboxylic acids is 1. The number of rotatable bonds is 4. The number of nitrogens with one attached hydrogen (secondary N) is 1. The number of hydrogen-bond donors (Lipinski definition) is 2. The molecular formula is C20H21ClN6O3. The molecule has 1 aliphatic rings. The predicted molar refractivity (Wildman–Crippen MR) is 114 cm³/mol. The van der Waals surface area contributed by atoms with Crippen LogP contribution in [0.5, 0.6) is 0 Å². The second-order valence-electron chi connectivity index (χ2n) is 7.09. The maximum absolute atomic E-state index is 12.9. The van der Waals surface area contributed by atoms with Gasteiger partial charge in [-0.2, -0.15) is 0 Å². The van der Waals surface area contributed by atoms with Crippen molar-refractivity contribution in [1.29, 1.82) is 0 Å². The molecule has 1 atom stereocenters. The highest BCUT2D eigenvalue weighted by Crippen LogP contribution is 2.31. The second kappa shape index (κ2) is 8.50. The number of nitrogens with zero attached hydrogens (tertiary/aromatic N) is 4. The van der Waals surface area contributed by atoms with Gasteiger partial charge in [-0.3, -0.25) is 14.9 Å². The van der Waals surface area contributed by atoms with Gasteiger partial charge in [0.15, 0.2) is 5.69 Å². The van der Waals surface area contributed by atoms with Crippen LogP contribution in [0.4, 0.5) is 11.4 Å². The summed E-state index contributed by atoms with van der Waals surface area (Å²) in [5, 5.41) is 22.1. The molecule has 0 spiro atoms. The van der Waals surface area contributed by atoms with Crippen LogP contribution in [0.25, 0.3) is 5.69 Å². The van der Waals surface area contributed by atoms with Gasteiger partial charge in [0.1, 0.15) is 0 Å². The van der Waals surface area contributed by atoms with Crippen LogP contribution in [0.2, 0.25) is 0 Å². The third-order valence-corrected chi connectivity index (χ3v) is 5.18. The number of benzene rings is 2. The van der Waals surface area contributed by atoms with E-state index in [1.807, 2.05) is 18.2 Å². The van der Waals surface area contributed by atoms with Gasteiger partial charge in [-0.15, -0.1) is 17.5 Å². The molecule has 0 bridgehead atoms. The van der Waals surface area contributed by atoms with Crippen LogP contribution in [-0.2, 0) is 6.42 Å². The van der Waals surface area contributed by atoms with E-state index in [1.54, 1.807) is 19.1 Å². The van der Waals surface area contributed by atoms with E-state index in [-0.39, 0.29) is 35.7 Å². The molecule has 0 saturated carbocycles. The molecule has 0 aliphatic heterocycles. The van der Waals surface area contributed by atoms with E-state index in [0.717, 1.165) is 30.4 Å². The first-order valence-corrected chi connectivity index (χ1v) is 9.30. The van der Waals surface area contributed by atoms with Crippen LogP contribution >= 0.6 is 12.4 Å². The van der Waals surface area contributed by atoms with Crippen LogP contribution in [-0.4, -0.2) is 25.8 Å². The molecule has 1 unspecified atom stereocenters. The summed E-state index contributed by atoms with van der Waals surface area (Å²) in [7, 11) is 0. The fraction of sp³-hybridized carbons (Fsp3) is 0.250. The molecule has 30 heavy (non-hydrogen) atoms. The van der Waals surface area contributed by atoms with Crippen LogP contribution in [0.3, 0.4) is 0 Å². The number of hydrogen-bond acceptors (Lipinski definition) is 6. The molecule has 0 fully saturated rings. The Morgan fingerprint density at radius 2 is 2.10 bits per heavy atom. The first-order chi connectivity index (χ1) is 13.9. The minimum Gasteiger partial charge on any atom is -0.399 e. The summed E-state index contributed by atoms with van der Waals surface area (Å²) in [6.07, 6.45) is 2.73. The van der Waals surface area contributed by atoms with Crippen molar-refractivity contribution >= 4 is 29.7 Å². The number of nitrogens with two attached hydrogens (primary N) is 1. The van der Waals surface area contributed by atoms with Gasteiger partial charge in [-0.1, -0.05) is 17.3 Å². The molecule has 1 heterocycles. The number of aryl methyl sites for hydroxylation is 1. The zero-order chi connectivity index (χ0) is 20.5. The molecule has 156 valence electrons. The van der Waals surface area contributed by atoms with Gasteiger partial charge < -0.3 is 11.1 Å². The lowest BCUT2D eigenvalue weighted by Gasteiger charge is -2.26. The molecule has 4 rings (SSSR count). The molecule has 10 heteroatoms. The average Bonchev–Trinajstić information content (AvgIpc) is 3.09. The van der Waals surface area contributed by atoms with Gasteiger partial charge in [-0.25, -0.2) is 4.68 Å². The monoisotopic (exact) mass is 428 g/mol. The highest BCUT2D eigenvalue weighted by atomic mass is 35.5. The fourth-order valence-electron chi connectivity index (χ4n) is 3.73. The van der Waals surface area contributed by atoms with E-state index in [2.05, 4.69) is 15.6 Å². The standard InChI is InChI=1S/C20H20N6O3.ClH/c1-12-19(23-24-25(12)15-5-3-6-16(11-15)26(28)29)20(27)22-18-7-2-4-13-10-14(21)8-9-17(13)18;/h3,5-6,8-11,18H,2,4,7,21H2,1H3,(H,22,27);1H. The first kappa shape index (κ1) is 21.3. The third kappa shape index (κ3) is 3.97. The van der Waals surface area contributed by atoms with Crippen LogP contribution < -0.4 is 11.1 Å². The average molecular weight is 429 g/mol. The maximum Gasteiger partial charge on any atom is 0.274 e. The van der Waals surface area contributed by atoms with Gasteiger partial charge >= 0.3 is 0 Å². The molecule has 0 saturated heterocycles. The molecule has 0 radical (unpaired) electrons. The quantitative estimate of drug-likeness (QED) is 0.372. The summed E-state index contributed by atoms with van der Waals surface area (Å²) < 4.78 is 1.43. The molecule has 1 amide bonds. The van der Waals surface area contributed by atoms with E-state index >= 15 is 0 Å². The number of anilines is 1. The number of nitro benzene ring substituents is 1. The summed E-state index contributed by atoms with van der Waals surface area (Å²) in [5.74, 6) is -0.325. The number of halogens is 1. The third-order valence-electron chi connectivity index (χ3n) is 5.18. The molecule has 1 aromatic heterocycles. The van der Waals surface area contributed by atoms with Crippen molar-refractivity contribution in [1.82, 2.24) is 20.3 Å². The van der Waals surface area contributed by atoms with Gasteiger partial charge in [0.05, 0.1) is 22.3 Å². The van der Waals surface area contributed by atoms with E-state index < -0.39 is 4.92 Å². The zero-order valence-electron chi connectivity index (χ0n) is 16.2. The SMILES string of the molecule is Cc1c(C(=O)NC2CCCc3cc(N)ccc32)nnn1-c1cccc([N+](=O)[O-])c1.Cl. The minimum absolute atomic E-state index is 0. The Hall–Kier alpha value is -3.46. The Morgan fingerprint density at radius 3 is 2.87 bits per heavy atom. The van der Waals surface area contributed by atoms with Crippen molar-refractivity contribution in [3.8, 4) is 5.69 Å². The van der Waals surface area contributed by atoms with Crippen LogP contribution in [0.1, 0.15) is 46.2 Å². The summed E-state index contributed by atoms with van der Waals surface area (Å²) in [5.41, 5.74) is 9.94. The number of amides is 1. The van der Waals surface area contributed by atoms with E-state index in [4.69, 9.17) is 5.73 Å². The first-order valence-electron chi connectivity index (χ1n) is 9.30. The lowest BCUT2D eigenvalue weighted by Crippen LogP contribution is -2.31. The minimum atomic E-state index is -0.476. The molecular weight excluding hydrogens is 408 g/mol. The van der Waals surface area contributed by atoms with Crippen LogP contribution in [0, 0.1) is 17.0 Å². The van der Waals surface area contributed by atoms with Crippen molar-refractivity contribution in [2.75, 3.05) is 5.73 Å². The molecule has 3 N–H and O–H groups in total. The Balaban J connectivity index is 0.00000256. The number of nitro groups is 1. The highest BCUT2D eigenvalue weighted by Gasteiger charge is 2.25. The van der Waals surface area contributed by atoms with E-state index in [0.29, 0.717) is 17.1 Å². The van der Waals surface area contributed by atoms with Crippen molar-refractivity contribution in [3.05, 3.63) is 75.1 Å². The predicted octanol–water partition coefficient (Wildman–Crippen LogP) is 3.30. The van der Waals surface area contributed by atoms with Crippen molar-refractivity contribution in [3.63, 3.8) is 0 Å². The van der Waals surface area contributed by atoms with Gasteiger partial charge in [0, 0.05) is 17.8 Å². The number of fused-ring (bicyclic) bond motifs is 1. The van der Waals surface area contributed by atoms with Gasteiger partial charge in [0.2, 0.25) is 0 Å². The summed E-state index contributed by atoms with van der Waals surface area (Å²) in [6, 6.07) is 11.7. The summed E-state index contributed by atoms with van der Waals surface area (Å²) in [4.78, 5) is 23.4. The molecule has 9 nitrogen and oxygen atoms in total. The lowest BCUT2D eigenvalue weighted by molar-refractivity contribution is -0.384. The smallest absolute Gasteiger partial charge is 0.274 e. The maximum atomic E-state index is 12.9. The van der Waals surface area contributed by atoms with E-state index in [1.165, 1.54) is 16.8 Å². The van der Waals surface area contributed by atoms with E-state index in [9.17, 15) is 14.9 Å². The number of nitrogen functional groups attached to an aromatic ring is 1. The Labute approximate surface area is 178 Å². The summed E-state index contributed by atoms with van der Waals surface area (Å²) >= 11 is 0. The number of carbonyl (C=O) groups is 1. The van der Waals surface area contributed by atoms with Gasteiger partial charge in [-0.05, 0) is 55.5 Å². The molecule has 3 aromatic rings. The normalized spacial score (nSPS) is 15.0. The van der Waals surface area contributed by atoms with Crippen molar-refractivity contribution in [2.45, 2.75) is 32.2 Å². The molecule has 2 aromatic carbocycles. The largest absolute Gasteiger partial charge is 0.399 e. The lowest BCUT2D eigenvalue weighted by atomic mass is 9.87. The Morgan fingerprint density at radius 1 is 1.30 bits per heavy atom. The second-order valence-corrected chi connectivity index (χ2v) is 7.09. The fourth-order valence-corrected chi connectivity index (χ4v) is 3.73. The highest BCUT2D eigenvalue weighted by molar-refractivity contribution is 5.93. The zero-order valence-corrected chi connectivity index (χ0v) is 17.1. The number of non-ortho nitro benzene ring substituents is 1. The Kier molecular flexibility index (Phi) is 6.02. The van der Waals surface area contributed by atoms with Crippen molar-refractivity contribution in [2.24, 2.45) is 0 Å². The summed E-state index contributed by atoms with van der Waals surface area (Å²) in [6.45, 7) is 1.71.